The first-order chi connectivity index (χ1) is 15.5. The van der Waals surface area contributed by atoms with Crippen molar-refractivity contribution in [1.29, 1.82) is 0 Å². The van der Waals surface area contributed by atoms with E-state index in [1.54, 1.807) is 19.1 Å². The minimum Gasteiger partial charge on any atom is -0.378 e. The fraction of sp³-hybridized carbons (Fsp3) is 0.522. The maximum atomic E-state index is 13.5. The number of alkyl halides is 2. The summed E-state index contributed by atoms with van der Waals surface area (Å²) in [5, 5.41) is 0. The summed E-state index contributed by atoms with van der Waals surface area (Å²) >= 11 is 0. The van der Waals surface area contributed by atoms with E-state index >= 15 is 0 Å². The molecule has 1 saturated carbocycles. The second-order valence-corrected chi connectivity index (χ2v) is 10.5. The molecule has 0 aliphatic heterocycles. The lowest BCUT2D eigenvalue weighted by molar-refractivity contribution is 0.0164. The highest BCUT2D eigenvalue weighted by Crippen LogP contribution is 2.34. The summed E-state index contributed by atoms with van der Waals surface area (Å²) in [6, 6.07) is 8.06. The van der Waals surface area contributed by atoms with Gasteiger partial charge in [0.15, 0.2) is 0 Å². The number of hydrogen-bond acceptors (Lipinski definition) is 4. The SMILES string of the molecule is Cc1cc(C(CNS(C)(=O)=O)COC2CCC(c3cccc(F)c3)CC2)c(=O)n(C(F)F)c1. The van der Waals surface area contributed by atoms with Crippen molar-refractivity contribution in [1.82, 2.24) is 9.29 Å². The number of sulfonamides is 1. The largest absolute Gasteiger partial charge is 0.378 e. The highest BCUT2D eigenvalue weighted by Gasteiger charge is 2.26. The van der Waals surface area contributed by atoms with E-state index in [1.807, 2.05) is 6.07 Å². The third-order valence-corrected chi connectivity index (χ3v) is 6.67. The van der Waals surface area contributed by atoms with Crippen LogP contribution < -0.4 is 10.3 Å². The fourth-order valence-electron chi connectivity index (χ4n) is 4.30. The number of aryl methyl sites for hydroxylation is 1. The third-order valence-electron chi connectivity index (χ3n) is 5.98. The summed E-state index contributed by atoms with van der Waals surface area (Å²) < 4.78 is 72.1. The lowest BCUT2D eigenvalue weighted by atomic mass is 9.82. The van der Waals surface area contributed by atoms with Crippen LogP contribution in [0.3, 0.4) is 0 Å². The zero-order valence-corrected chi connectivity index (χ0v) is 19.5. The quantitative estimate of drug-likeness (QED) is 0.580. The number of nitrogens with zero attached hydrogens (tertiary/aromatic N) is 1. The van der Waals surface area contributed by atoms with Crippen LogP contribution in [0.1, 0.15) is 60.8 Å². The molecule has 0 spiro atoms. The molecule has 2 aromatic rings. The van der Waals surface area contributed by atoms with Crippen molar-refractivity contribution in [3.8, 4) is 0 Å². The van der Waals surface area contributed by atoms with Gasteiger partial charge in [-0.3, -0.25) is 9.36 Å². The molecule has 1 aliphatic carbocycles. The molecule has 1 unspecified atom stereocenters. The molecule has 6 nitrogen and oxygen atoms in total. The maximum Gasteiger partial charge on any atom is 0.321 e. The van der Waals surface area contributed by atoms with Crippen LogP contribution in [0.4, 0.5) is 13.2 Å². The van der Waals surface area contributed by atoms with Gasteiger partial charge in [-0.1, -0.05) is 12.1 Å². The molecule has 1 atom stereocenters. The molecule has 1 fully saturated rings. The van der Waals surface area contributed by atoms with E-state index < -0.39 is 28.0 Å². The van der Waals surface area contributed by atoms with Gasteiger partial charge >= 0.3 is 6.55 Å². The molecule has 0 bridgehead atoms. The summed E-state index contributed by atoms with van der Waals surface area (Å²) in [5.41, 5.74) is 0.634. The standard InChI is InChI=1S/C23H29F3N2O4S/c1-15-10-21(22(29)28(13-15)23(25)26)18(12-27-33(2,30)31)14-32-20-8-6-16(7-9-20)17-4-3-5-19(24)11-17/h3-5,10-11,13,16,18,20,23,27H,6-9,12,14H2,1-2H3. The van der Waals surface area contributed by atoms with Gasteiger partial charge in [-0.05, 0) is 67.9 Å². The second kappa shape index (κ2) is 10.8. The number of pyridine rings is 1. The van der Waals surface area contributed by atoms with Crippen molar-refractivity contribution in [2.75, 3.05) is 19.4 Å². The van der Waals surface area contributed by atoms with Gasteiger partial charge in [-0.25, -0.2) is 17.5 Å². The van der Waals surface area contributed by atoms with E-state index in [4.69, 9.17) is 4.74 Å². The van der Waals surface area contributed by atoms with Crippen molar-refractivity contribution in [2.45, 2.75) is 57.1 Å². The normalized spacial score (nSPS) is 20.2. The molecule has 0 radical (unpaired) electrons. The molecule has 1 N–H and O–H groups in total. The van der Waals surface area contributed by atoms with Crippen LogP contribution in [0, 0.1) is 12.7 Å². The average Bonchev–Trinajstić information content (AvgIpc) is 2.75. The Kier molecular flexibility index (Phi) is 8.36. The smallest absolute Gasteiger partial charge is 0.321 e. The first-order valence-corrected chi connectivity index (χ1v) is 12.7. The van der Waals surface area contributed by atoms with Crippen LogP contribution in [0.25, 0.3) is 0 Å². The number of halogens is 3. The zero-order valence-electron chi connectivity index (χ0n) is 18.6. The van der Waals surface area contributed by atoms with Crippen molar-refractivity contribution in [3.63, 3.8) is 0 Å². The van der Waals surface area contributed by atoms with Gasteiger partial charge in [0.25, 0.3) is 5.56 Å². The summed E-state index contributed by atoms with van der Waals surface area (Å²) in [6.45, 7) is -1.53. The van der Waals surface area contributed by atoms with E-state index in [0.29, 0.717) is 10.1 Å². The molecule has 1 heterocycles. The first-order valence-electron chi connectivity index (χ1n) is 10.9. The number of hydrogen-bond donors (Lipinski definition) is 1. The molecule has 1 aromatic heterocycles. The molecular formula is C23H29F3N2O4S. The molecule has 33 heavy (non-hydrogen) atoms. The molecule has 0 amide bonds. The Morgan fingerprint density at radius 3 is 2.48 bits per heavy atom. The molecular weight excluding hydrogens is 457 g/mol. The molecule has 10 heteroatoms. The molecule has 182 valence electrons. The number of ether oxygens (including phenoxy) is 1. The number of aromatic nitrogens is 1. The monoisotopic (exact) mass is 486 g/mol. The predicted molar refractivity (Wildman–Crippen MR) is 120 cm³/mol. The van der Waals surface area contributed by atoms with Gasteiger partial charge in [0.2, 0.25) is 10.0 Å². The summed E-state index contributed by atoms with van der Waals surface area (Å²) in [7, 11) is -3.55. The van der Waals surface area contributed by atoms with Crippen molar-refractivity contribution in [3.05, 3.63) is 69.4 Å². The van der Waals surface area contributed by atoms with Gasteiger partial charge in [0.1, 0.15) is 5.82 Å². The Morgan fingerprint density at radius 1 is 1.18 bits per heavy atom. The summed E-state index contributed by atoms with van der Waals surface area (Å²) in [4.78, 5) is 12.6. The lowest BCUT2D eigenvalue weighted by Gasteiger charge is -2.30. The van der Waals surface area contributed by atoms with Crippen LogP contribution in [0.5, 0.6) is 0 Å². The Balaban J connectivity index is 1.70. The minimum absolute atomic E-state index is 0.0136. The number of benzene rings is 1. The van der Waals surface area contributed by atoms with Crippen LogP contribution >= 0.6 is 0 Å². The lowest BCUT2D eigenvalue weighted by Crippen LogP contribution is -2.35. The van der Waals surface area contributed by atoms with Gasteiger partial charge in [-0.15, -0.1) is 0 Å². The molecule has 1 aromatic carbocycles. The predicted octanol–water partition coefficient (Wildman–Crippen LogP) is 4.07. The van der Waals surface area contributed by atoms with Gasteiger partial charge in [0.05, 0.1) is 19.0 Å². The highest BCUT2D eigenvalue weighted by atomic mass is 32.2. The maximum absolute atomic E-state index is 13.5. The topological polar surface area (TPSA) is 77.4 Å². The van der Waals surface area contributed by atoms with E-state index in [9.17, 15) is 26.4 Å². The van der Waals surface area contributed by atoms with Gasteiger partial charge in [0, 0.05) is 24.2 Å². The number of nitrogens with one attached hydrogen (secondary N) is 1. The van der Waals surface area contributed by atoms with Gasteiger partial charge < -0.3 is 4.74 Å². The Bertz CT molecular complexity index is 1110. The highest BCUT2D eigenvalue weighted by molar-refractivity contribution is 7.88. The van der Waals surface area contributed by atoms with E-state index in [2.05, 4.69) is 4.72 Å². The van der Waals surface area contributed by atoms with E-state index in [0.717, 1.165) is 43.7 Å². The fourth-order valence-corrected chi connectivity index (χ4v) is 4.80. The van der Waals surface area contributed by atoms with Gasteiger partial charge in [-0.2, -0.15) is 8.78 Å². The van der Waals surface area contributed by atoms with Crippen LogP contribution in [-0.2, 0) is 14.8 Å². The Labute approximate surface area is 191 Å². The molecule has 0 saturated heterocycles. The Hall–Kier alpha value is -2.17. The molecule has 3 rings (SSSR count). The average molecular weight is 487 g/mol. The van der Waals surface area contributed by atoms with E-state index in [1.165, 1.54) is 12.1 Å². The van der Waals surface area contributed by atoms with Crippen LogP contribution in [0.15, 0.2) is 41.3 Å². The van der Waals surface area contributed by atoms with Crippen molar-refractivity contribution in [2.24, 2.45) is 0 Å². The summed E-state index contributed by atoms with van der Waals surface area (Å²) in [6.07, 6.45) is 5.02. The third kappa shape index (κ3) is 7.15. The number of rotatable bonds is 9. The van der Waals surface area contributed by atoms with Crippen molar-refractivity contribution >= 4 is 10.0 Å². The summed E-state index contributed by atoms with van der Waals surface area (Å²) in [5.74, 6) is -0.754. The van der Waals surface area contributed by atoms with Crippen LogP contribution in [-0.4, -0.2) is 38.5 Å². The van der Waals surface area contributed by atoms with Crippen molar-refractivity contribution < 1.29 is 26.3 Å². The van der Waals surface area contributed by atoms with Crippen LogP contribution in [0.2, 0.25) is 0 Å². The van der Waals surface area contributed by atoms with E-state index in [-0.39, 0.29) is 36.6 Å². The zero-order chi connectivity index (χ0) is 24.2. The first kappa shape index (κ1) is 25.5. The molecule has 1 aliphatic rings. The second-order valence-electron chi connectivity index (χ2n) is 8.64. The minimum atomic E-state index is -3.55. The Morgan fingerprint density at radius 2 is 1.88 bits per heavy atom.